The quantitative estimate of drug-likeness (QED) is 0.465. The van der Waals surface area contributed by atoms with Gasteiger partial charge < -0.3 is 14.4 Å². The number of carbonyl (C=O) groups excluding carboxylic acids is 1. The summed E-state index contributed by atoms with van der Waals surface area (Å²) in [5, 5.41) is 11.5. The third-order valence-corrected chi connectivity index (χ3v) is 4.86. The van der Waals surface area contributed by atoms with Crippen LogP contribution >= 0.6 is 7.60 Å². The van der Waals surface area contributed by atoms with Crippen molar-refractivity contribution in [2.45, 2.75) is 39.2 Å². The summed E-state index contributed by atoms with van der Waals surface area (Å²) in [5.41, 5.74) is -0.955. The third kappa shape index (κ3) is 7.96. The molecule has 8 heteroatoms. The van der Waals surface area contributed by atoms with Crippen molar-refractivity contribution >= 4 is 20.2 Å². The van der Waals surface area contributed by atoms with Crippen LogP contribution < -0.4 is 5.32 Å². The summed E-state index contributed by atoms with van der Waals surface area (Å²) in [6.45, 7) is 9.19. The first kappa shape index (κ1) is 19.8. The van der Waals surface area contributed by atoms with Gasteiger partial charge in [0, 0.05) is 13.0 Å². The van der Waals surface area contributed by atoms with E-state index in [9.17, 15) is 9.36 Å². The Labute approximate surface area is 126 Å². The SMILES string of the molecule is C=NC(C)(C#N)CCC(=O)NCCP(=O)(OCC)OCC. The Morgan fingerprint density at radius 2 is 2.00 bits per heavy atom. The summed E-state index contributed by atoms with van der Waals surface area (Å²) in [6, 6.07) is 2.00. The zero-order valence-electron chi connectivity index (χ0n) is 12.9. The molecule has 1 unspecified atom stereocenters. The summed E-state index contributed by atoms with van der Waals surface area (Å²) in [6.07, 6.45) is 0.555. The molecule has 0 bridgehead atoms. The van der Waals surface area contributed by atoms with E-state index >= 15 is 0 Å². The molecule has 0 aliphatic heterocycles. The molecule has 0 aliphatic carbocycles. The van der Waals surface area contributed by atoms with Crippen LogP contribution in [0, 0.1) is 11.3 Å². The Bertz CT molecular complexity index is 426. The molecule has 1 N–H and O–H groups in total. The van der Waals surface area contributed by atoms with Gasteiger partial charge in [-0.15, -0.1) is 0 Å². The van der Waals surface area contributed by atoms with E-state index in [1.165, 1.54) is 0 Å². The van der Waals surface area contributed by atoms with E-state index in [0.717, 1.165) is 0 Å². The monoisotopic (exact) mass is 317 g/mol. The van der Waals surface area contributed by atoms with Crippen molar-refractivity contribution in [1.82, 2.24) is 5.32 Å². The first-order valence-corrected chi connectivity index (χ1v) is 8.61. The van der Waals surface area contributed by atoms with Crippen LogP contribution in [0.25, 0.3) is 0 Å². The van der Waals surface area contributed by atoms with Gasteiger partial charge in [-0.2, -0.15) is 5.26 Å². The van der Waals surface area contributed by atoms with Crippen LogP contribution in [0.3, 0.4) is 0 Å². The lowest BCUT2D eigenvalue weighted by Crippen LogP contribution is -2.29. The molecule has 0 rings (SSSR count). The zero-order valence-corrected chi connectivity index (χ0v) is 13.8. The standard InChI is InChI=1S/C13H24N3O4P/c1-5-19-21(18,20-6-2)10-9-16-12(17)7-8-13(3,11-14)15-4/h4-10H2,1-3H3,(H,16,17). The number of amides is 1. The minimum atomic E-state index is -3.13. The molecule has 7 nitrogen and oxygen atoms in total. The van der Waals surface area contributed by atoms with Crippen LogP contribution in [0.5, 0.6) is 0 Å². The van der Waals surface area contributed by atoms with Crippen LogP contribution in [0.1, 0.15) is 33.6 Å². The van der Waals surface area contributed by atoms with Gasteiger partial charge in [0.1, 0.15) is 5.54 Å². The van der Waals surface area contributed by atoms with Crippen LogP contribution in [0.15, 0.2) is 4.99 Å². The third-order valence-electron chi connectivity index (χ3n) is 2.79. The Balaban J connectivity index is 4.17. The van der Waals surface area contributed by atoms with Gasteiger partial charge >= 0.3 is 7.60 Å². The van der Waals surface area contributed by atoms with Gasteiger partial charge in [0.25, 0.3) is 0 Å². The van der Waals surface area contributed by atoms with Crippen molar-refractivity contribution in [2.75, 3.05) is 25.9 Å². The van der Waals surface area contributed by atoms with Gasteiger partial charge in [-0.05, 0) is 33.9 Å². The molecule has 0 aromatic carbocycles. The molecule has 0 aromatic heterocycles. The molecule has 0 radical (unpaired) electrons. The lowest BCUT2D eigenvalue weighted by molar-refractivity contribution is -0.121. The molecule has 0 spiro atoms. The summed E-state index contributed by atoms with van der Waals surface area (Å²) in [7, 11) is -3.13. The molecule has 0 saturated carbocycles. The van der Waals surface area contributed by atoms with Gasteiger partial charge in [0.2, 0.25) is 5.91 Å². The number of nitrogens with zero attached hydrogens (tertiary/aromatic N) is 2. The number of nitrogens with one attached hydrogen (secondary N) is 1. The number of hydrogen-bond acceptors (Lipinski definition) is 6. The van der Waals surface area contributed by atoms with E-state index in [0.29, 0.717) is 0 Å². The molecule has 0 fully saturated rings. The summed E-state index contributed by atoms with van der Waals surface area (Å²) in [5.74, 6) is -0.236. The first-order chi connectivity index (χ1) is 9.84. The van der Waals surface area contributed by atoms with Crippen molar-refractivity contribution in [2.24, 2.45) is 4.99 Å². The van der Waals surface area contributed by atoms with Gasteiger partial charge in [-0.3, -0.25) is 14.4 Å². The largest absolute Gasteiger partial charge is 0.355 e. The van der Waals surface area contributed by atoms with Crippen LogP contribution in [-0.4, -0.2) is 44.1 Å². The van der Waals surface area contributed by atoms with E-state index in [1.807, 2.05) is 6.07 Å². The molecule has 1 atom stereocenters. The van der Waals surface area contributed by atoms with Crippen molar-refractivity contribution < 1.29 is 18.4 Å². The van der Waals surface area contributed by atoms with E-state index in [1.54, 1.807) is 20.8 Å². The Hall–Kier alpha value is -1.22. The number of carbonyl (C=O) groups is 1. The lowest BCUT2D eigenvalue weighted by atomic mass is 9.98. The topological polar surface area (TPSA) is 101 Å². The van der Waals surface area contributed by atoms with Crippen LogP contribution in [-0.2, 0) is 18.4 Å². The van der Waals surface area contributed by atoms with Crippen LogP contribution in [0.2, 0.25) is 0 Å². The van der Waals surface area contributed by atoms with E-state index in [-0.39, 0.29) is 44.7 Å². The normalized spacial score (nSPS) is 14.0. The number of rotatable bonds is 11. The zero-order chi connectivity index (χ0) is 16.4. The van der Waals surface area contributed by atoms with Crippen molar-refractivity contribution in [3.63, 3.8) is 0 Å². The highest BCUT2D eigenvalue weighted by atomic mass is 31.2. The molecular weight excluding hydrogens is 293 g/mol. The minimum absolute atomic E-state index is 0.121. The molecule has 0 aliphatic rings. The summed E-state index contributed by atoms with van der Waals surface area (Å²) < 4.78 is 22.4. The Morgan fingerprint density at radius 1 is 1.43 bits per heavy atom. The predicted molar refractivity (Wildman–Crippen MR) is 81.5 cm³/mol. The fourth-order valence-electron chi connectivity index (χ4n) is 1.51. The van der Waals surface area contributed by atoms with Crippen LogP contribution in [0.4, 0.5) is 0 Å². The lowest BCUT2D eigenvalue weighted by Gasteiger charge is -2.18. The van der Waals surface area contributed by atoms with E-state index in [4.69, 9.17) is 14.3 Å². The molecule has 120 valence electrons. The second-order valence-electron chi connectivity index (χ2n) is 4.56. The number of aliphatic imine (C=N–C) groups is 1. The summed E-state index contributed by atoms with van der Waals surface area (Å²) >= 11 is 0. The molecular formula is C13H24N3O4P. The second kappa shape index (κ2) is 9.67. The molecule has 0 heterocycles. The maximum atomic E-state index is 12.1. The highest BCUT2D eigenvalue weighted by molar-refractivity contribution is 7.53. The number of hydrogen-bond donors (Lipinski definition) is 1. The fraction of sp³-hybridized carbons (Fsp3) is 0.769. The molecule has 0 saturated heterocycles. The van der Waals surface area contributed by atoms with E-state index < -0.39 is 13.1 Å². The Morgan fingerprint density at radius 3 is 2.43 bits per heavy atom. The average Bonchev–Trinajstić information content (AvgIpc) is 2.45. The fourth-order valence-corrected chi connectivity index (χ4v) is 3.01. The maximum absolute atomic E-state index is 12.1. The smallest absolute Gasteiger partial charge is 0.332 e. The average molecular weight is 317 g/mol. The van der Waals surface area contributed by atoms with Crippen molar-refractivity contribution in [3.8, 4) is 6.07 Å². The Kier molecular flexibility index (Phi) is 9.11. The van der Waals surface area contributed by atoms with Gasteiger partial charge in [0.05, 0.1) is 25.4 Å². The highest BCUT2D eigenvalue weighted by Crippen LogP contribution is 2.47. The van der Waals surface area contributed by atoms with Gasteiger partial charge in [0.15, 0.2) is 0 Å². The maximum Gasteiger partial charge on any atom is 0.332 e. The highest BCUT2D eigenvalue weighted by Gasteiger charge is 2.24. The van der Waals surface area contributed by atoms with Gasteiger partial charge in [-0.1, -0.05) is 0 Å². The summed E-state index contributed by atoms with van der Waals surface area (Å²) in [4.78, 5) is 15.4. The second-order valence-corrected chi connectivity index (χ2v) is 6.75. The molecule has 1 amide bonds. The predicted octanol–water partition coefficient (Wildman–Crippen LogP) is 2.13. The molecule has 0 aromatic rings. The number of nitriles is 1. The van der Waals surface area contributed by atoms with Crippen molar-refractivity contribution in [3.05, 3.63) is 0 Å². The van der Waals surface area contributed by atoms with E-state index in [2.05, 4.69) is 17.0 Å². The van der Waals surface area contributed by atoms with Crippen molar-refractivity contribution in [1.29, 1.82) is 5.26 Å². The first-order valence-electron chi connectivity index (χ1n) is 6.88. The van der Waals surface area contributed by atoms with Gasteiger partial charge in [-0.25, -0.2) is 0 Å². The minimum Gasteiger partial charge on any atom is -0.355 e. The molecule has 21 heavy (non-hydrogen) atoms.